The van der Waals surface area contributed by atoms with E-state index in [1.807, 2.05) is 45.6 Å². The zero-order chi connectivity index (χ0) is 21.4. The quantitative estimate of drug-likeness (QED) is 0.343. The van der Waals surface area contributed by atoms with Crippen LogP contribution in [0.5, 0.6) is 0 Å². The molecule has 0 aliphatic carbocycles. The Morgan fingerprint density at radius 1 is 1.13 bits per heavy atom. The minimum atomic E-state index is -0.516. The second-order valence-corrected chi connectivity index (χ2v) is 7.97. The number of benzene rings is 1. The van der Waals surface area contributed by atoms with Gasteiger partial charge in [0, 0.05) is 39.3 Å². The minimum Gasteiger partial charge on any atom is -0.444 e. The van der Waals surface area contributed by atoms with Gasteiger partial charge in [0.1, 0.15) is 11.4 Å². The number of hydrogen-bond acceptors (Lipinski definition) is 4. The monoisotopic (exact) mass is 535 g/mol. The second kappa shape index (κ2) is 12.2. The number of nitrogens with zero attached hydrogens (tertiary/aromatic N) is 3. The lowest BCUT2D eigenvalue weighted by molar-refractivity contribution is 0.0240. The number of rotatable bonds is 5. The van der Waals surface area contributed by atoms with Gasteiger partial charge in [-0.15, -0.1) is 24.0 Å². The molecule has 0 saturated carbocycles. The fourth-order valence-corrected chi connectivity index (χ4v) is 3.04. The Hall–Kier alpha value is -1.78. The van der Waals surface area contributed by atoms with Crippen LogP contribution in [0.25, 0.3) is 0 Å². The SMILES string of the molecule is CCNC(=NCc1ccc(N2CCN(C(=O)OC(C)(C)C)CC2)c(F)c1)NCC.I. The summed E-state index contributed by atoms with van der Waals surface area (Å²) in [5, 5.41) is 6.31. The number of guanidine groups is 1. The molecule has 1 fully saturated rings. The van der Waals surface area contributed by atoms with Gasteiger partial charge in [0.2, 0.25) is 0 Å². The van der Waals surface area contributed by atoms with E-state index in [4.69, 9.17) is 4.74 Å². The van der Waals surface area contributed by atoms with Crippen molar-refractivity contribution in [3.8, 4) is 0 Å². The fraction of sp³-hybridized carbons (Fsp3) is 0.619. The normalized spacial score (nSPS) is 13.9. The Kier molecular flexibility index (Phi) is 10.6. The van der Waals surface area contributed by atoms with E-state index in [1.54, 1.807) is 11.0 Å². The topological polar surface area (TPSA) is 69.2 Å². The number of carbonyl (C=O) groups is 1. The maximum absolute atomic E-state index is 14.7. The third kappa shape index (κ3) is 8.16. The summed E-state index contributed by atoms with van der Waals surface area (Å²) in [6, 6.07) is 5.23. The highest BCUT2D eigenvalue weighted by Gasteiger charge is 2.26. The molecule has 30 heavy (non-hydrogen) atoms. The molecule has 1 aromatic carbocycles. The van der Waals surface area contributed by atoms with Crippen LogP contribution in [0.2, 0.25) is 0 Å². The molecule has 170 valence electrons. The zero-order valence-electron chi connectivity index (χ0n) is 18.6. The van der Waals surface area contributed by atoms with Gasteiger partial charge < -0.3 is 25.2 Å². The highest BCUT2D eigenvalue weighted by molar-refractivity contribution is 14.0. The van der Waals surface area contributed by atoms with Crippen LogP contribution in [0.15, 0.2) is 23.2 Å². The number of carbonyl (C=O) groups excluding carboxylic acids is 1. The molecule has 1 aliphatic heterocycles. The van der Waals surface area contributed by atoms with Crippen molar-refractivity contribution >= 4 is 41.7 Å². The van der Waals surface area contributed by atoms with Crippen LogP contribution in [0.1, 0.15) is 40.2 Å². The number of aliphatic imine (C=N–C) groups is 1. The van der Waals surface area contributed by atoms with Crippen molar-refractivity contribution in [2.24, 2.45) is 4.99 Å². The van der Waals surface area contributed by atoms with Gasteiger partial charge in [-0.05, 0) is 52.3 Å². The summed E-state index contributed by atoms with van der Waals surface area (Å²) in [6.07, 6.45) is -0.317. The maximum atomic E-state index is 14.7. The first kappa shape index (κ1) is 26.3. The van der Waals surface area contributed by atoms with Crippen molar-refractivity contribution in [2.75, 3.05) is 44.2 Å². The molecule has 1 saturated heterocycles. The molecule has 9 heteroatoms. The summed E-state index contributed by atoms with van der Waals surface area (Å²) in [7, 11) is 0. The largest absolute Gasteiger partial charge is 0.444 e. The van der Waals surface area contributed by atoms with Crippen LogP contribution in [-0.2, 0) is 11.3 Å². The van der Waals surface area contributed by atoms with E-state index in [0.717, 1.165) is 24.6 Å². The van der Waals surface area contributed by atoms with Gasteiger partial charge in [0.25, 0.3) is 0 Å². The number of amides is 1. The number of piperazine rings is 1. The van der Waals surface area contributed by atoms with Crippen LogP contribution < -0.4 is 15.5 Å². The van der Waals surface area contributed by atoms with Gasteiger partial charge in [0.05, 0.1) is 12.2 Å². The molecule has 1 aromatic rings. The first-order valence-corrected chi connectivity index (χ1v) is 10.3. The van der Waals surface area contributed by atoms with E-state index in [-0.39, 0.29) is 35.9 Å². The predicted octanol–water partition coefficient (Wildman–Crippen LogP) is 3.58. The standard InChI is InChI=1S/C21H34FN5O2.HI/c1-6-23-19(24-7-2)25-15-16-8-9-18(17(22)14-16)26-10-12-27(13-11-26)20(28)29-21(3,4)5;/h8-9,14H,6-7,10-13,15H2,1-5H3,(H2,23,24,25);1H. The van der Waals surface area contributed by atoms with Gasteiger partial charge in [0.15, 0.2) is 5.96 Å². The maximum Gasteiger partial charge on any atom is 0.410 e. The first-order valence-electron chi connectivity index (χ1n) is 10.3. The van der Waals surface area contributed by atoms with Crippen molar-refractivity contribution in [1.29, 1.82) is 0 Å². The highest BCUT2D eigenvalue weighted by atomic mass is 127. The molecule has 2 N–H and O–H groups in total. The molecule has 0 unspecified atom stereocenters. The number of hydrogen-bond donors (Lipinski definition) is 2. The Labute approximate surface area is 196 Å². The molecule has 0 bridgehead atoms. The zero-order valence-corrected chi connectivity index (χ0v) is 21.0. The third-order valence-electron chi connectivity index (χ3n) is 4.39. The number of nitrogens with one attached hydrogen (secondary N) is 2. The van der Waals surface area contributed by atoms with Crippen molar-refractivity contribution in [2.45, 2.75) is 46.8 Å². The first-order chi connectivity index (χ1) is 13.7. The molecule has 7 nitrogen and oxygen atoms in total. The number of ether oxygens (including phenoxy) is 1. The van der Waals surface area contributed by atoms with Crippen LogP contribution in [0.3, 0.4) is 0 Å². The molecule has 1 amide bonds. The summed E-state index contributed by atoms with van der Waals surface area (Å²) in [5.74, 6) is 0.453. The molecular formula is C21H35FIN5O2. The molecule has 0 atom stereocenters. The molecule has 0 aromatic heterocycles. The molecule has 0 radical (unpaired) electrons. The summed E-state index contributed by atoms with van der Waals surface area (Å²) in [6.45, 7) is 13.7. The van der Waals surface area contributed by atoms with Crippen molar-refractivity contribution in [3.63, 3.8) is 0 Å². The van der Waals surface area contributed by atoms with Crippen LogP contribution in [0, 0.1) is 5.82 Å². The van der Waals surface area contributed by atoms with E-state index in [0.29, 0.717) is 38.4 Å². The van der Waals surface area contributed by atoms with Gasteiger partial charge in [-0.3, -0.25) is 0 Å². The fourth-order valence-electron chi connectivity index (χ4n) is 3.04. The van der Waals surface area contributed by atoms with Crippen LogP contribution in [0.4, 0.5) is 14.9 Å². The van der Waals surface area contributed by atoms with Gasteiger partial charge in [-0.1, -0.05) is 6.07 Å². The molecule has 1 heterocycles. The molecule has 0 spiro atoms. The van der Waals surface area contributed by atoms with Crippen LogP contribution in [-0.4, -0.2) is 61.8 Å². The van der Waals surface area contributed by atoms with Gasteiger partial charge in [-0.2, -0.15) is 0 Å². The van der Waals surface area contributed by atoms with E-state index in [9.17, 15) is 9.18 Å². The lowest BCUT2D eigenvalue weighted by atomic mass is 10.1. The average Bonchev–Trinajstić information content (AvgIpc) is 2.65. The second-order valence-electron chi connectivity index (χ2n) is 7.97. The number of anilines is 1. The molecule has 1 aliphatic rings. The Morgan fingerprint density at radius 3 is 2.23 bits per heavy atom. The Bertz CT molecular complexity index is 708. The van der Waals surface area contributed by atoms with Gasteiger partial charge >= 0.3 is 6.09 Å². The van der Waals surface area contributed by atoms with Gasteiger partial charge in [-0.25, -0.2) is 14.2 Å². The summed E-state index contributed by atoms with van der Waals surface area (Å²) in [4.78, 5) is 20.3. The highest BCUT2D eigenvalue weighted by Crippen LogP contribution is 2.23. The Balaban J connectivity index is 0.00000450. The molecular weight excluding hydrogens is 500 g/mol. The Morgan fingerprint density at radius 2 is 1.73 bits per heavy atom. The predicted molar refractivity (Wildman–Crippen MR) is 130 cm³/mol. The lowest BCUT2D eigenvalue weighted by Gasteiger charge is -2.36. The van der Waals surface area contributed by atoms with E-state index < -0.39 is 5.60 Å². The van der Waals surface area contributed by atoms with Crippen molar-refractivity contribution < 1.29 is 13.9 Å². The van der Waals surface area contributed by atoms with E-state index in [1.165, 1.54) is 6.07 Å². The smallest absolute Gasteiger partial charge is 0.410 e. The van der Waals surface area contributed by atoms with E-state index >= 15 is 0 Å². The summed E-state index contributed by atoms with van der Waals surface area (Å²) < 4.78 is 20.1. The summed E-state index contributed by atoms with van der Waals surface area (Å²) in [5.41, 5.74) is 0.852. The summed E-state index contributed by atoms with van der Waals surface area (Å²) >= 11 is 0. The van der Waals surface area contributed by atoms with Crippen molar-refractivity contribution in [1.82, 2.24) is 15.5 Å². The average molecular weight is 535 g/mol. The molecule has 2 rings (SSSR count). The third-order valence-corrected chi connectivity index (χ3v) is 4.39. The van der Waals surface area contributed by atoms with Crippen LogP contribution >= 0.6 is 24.0 Å². The number of halogens is 2. The van der Waals surface area contributed by atoms with Crippen molar-refractivity contribution in [3.05, 3.63) is 29.6 Å². The minimum absolute atomic E-state index is 0. The lowest BCUT2D eigenvalue weighted by Crippen LogP contribution is -2.50. The van der Waals surface area contributed by atoms with E-state index in [2.05, 4.69) is 15.6 Å².